The van der Waals surface area contributed by atoms with Crippen LogP contribution in [-0.2, 0) is 16.0 Å². The quantitative estimate of drug-likeness (QED) is 0.759. The van der Waals surface area contributed by atoms with E-state index in [0.717, 1.165) is 23.3 Å². The van der Waals surface area contributed by atoms with Crippen LogP contribution in [0.1, 0.15) is 31.4 Å². The number of hydrogen-bond acceptors (Lipinski definition) is 5. The zero-order valence-corrected chi connectivity index (χ0v) is 10.9. The lowest BCUT2D eigenvalue weighted by atomic mass is 10.2. The van der Waals surface area contributed by atoms with Crippen molar-refractivity contribution in [1.82, 2.24) is 4.98 Å². The van der Waals surface area contributed by atoms with E-state index in [1.165, 1.54) is 26.4 Å². The Hall–Kier alpha value is -1.10. The van der Waals surface area contributed by atoms with Crippen molar-refractivity contribution in [3.63, 3.8) is 0 Å². The number of nitrogens with zero attached hydrogens (tertiary/aromatic N) is 1. The Morgan fingerprint density at radius 2 is 2.47 bits per heavy atom. The monoisotopic (exact) mass is 254 g/mol. The zero-order valence-electron chi connectivity index (χ0n) is 10.1. The second-order valence-electron chi connectivity index (χ2n) is 4.38. The molecule has 1 aliphatic carbocycles. The molecule has 0 amide bonds. The number of ether oxygens (including phenoxy) is 1. The maximum Gasteiger partial charge on any atom is 0.305 e. The number of hydrogen-bond donors (Lipinski definition) is 1. The number of methoxy groups -OCH3 is 1. The number of carbonyl (C=O) groups is 1. The van der Waals surface area contributed by atoms with Crippen LogP contribution >= 0.6 is 11.3 Å². The van der Waals surface area contributed by atoms with Gasteiger partial charge in [0.1, 0.15) is 0 Å². The van der Waals surface area contributed by atoms with Crippen LogP contribution < -0.4 is 5.32 Å². The first-order valence-electron chi connectivity index (χ1n) is 6.03. The Balaban J connectivity index is 1.68. The van der Waals surface area contributed by atoms with Gasteiger partial charge in [-0.05, 0) is 12.3 Å². The van der Waals surface area contributed by atoms with E-state index in [4.69, 9.17) is 0 Å². The molecule has 1 fully saturated rings. The van der Waals surface area contributed by atoms with E-state index in [0.29, 0.717) is 12.8 Å². The predicted molar refractivity (Wildman–Crippen MR) is 68.3 cm³/mol. The fourth-order valence-electron chi connectivity index (χ4n) is 1.62. The molecule has 1 saturated carbocycles. The predicted octanol–water partition coefficient (Wildman–Crippen LogP) is 2.46. The largest absolute Gasteiger partial charge is 0.469 e. The Bertz CT molecular complexity index is 374. The molecule has 17 heavy (non-hydrogen) atoms. The molecule has 4 nitrogen and oxygen atoms in total. The summed E-state index contributed by atoms with van der Waals surface area (Å²) in [4.78, 5) is 15.4. The molecule has 0 radical (unpaired) electrons. The third kappa shape index (κ3) is 4.34. The Labute approximate surface area is 105 Å². The standard InChI is InChI=1S/C12H18N2O2S/c1-16-11(15)5-4-10-8-17-12(14-10)13-7-6-9-2-3-9/h8-9H,2-7H2,1H3,(H,13,14). The van der Waals surface area contributed by atoms with E-state index in [9.17, 15) is 4.79 Å². The van der Waals surface area contributed by atoms with Crippen LogP contribution in [0.3, 0.4) is 0 Å². The number of nitrogens with one attached hydrogen (secondary N) is 1. The highest BCUT2D eigenvalue weighted by Crippen LogP contribution is 2.32. The van der Waals surface area contributed by atoms with Crippen LogP contribution in [0.4, 0.5) is 5.13 Å². The second kappa shape index (κ2) is 6.00. The minimum absolute atomic E-state index is 0.179. The number of anilines is 1. The van der Waals surface area contributed by atoms with Crippen LogP contribution in [-0.4, -0.2) is 24.6 Å². The van der Waals surface area contributed by atoms with Gasteiger partial charge in [0, 0.05) is 18.3 Å². The van der Waals surface area contributed by atoms with Gasteiger partial charge in [0.15, 0.2) is 5.13 Å². The highest BCUT2D eigenvalue weighted by Gasteiger charge is 2.20. The minimum atomic E-state index is -0.179. The lowest BCUT2D eigenvalue weighted by Gasteiger charge is -2.00. The summed E-state index contributed by atoms with van der Waals surface area (Å²) >= 11 is 1.61. The SMILES string of the molecule is COC(=O)CCc1csc(NCCC2CC2)n1. The highest BCUT2D eigenvalue weighted by molar-refractivity contribution is 7.13. The van der Waals surface area contributed by atoms with Crippen molar-refractivity contribution in [2.75, 3.05) is 19.0 Å². The van der Waals surface area contributed by atoms with Crippen LogP contribution in [0.5, 0.6) is 0 Å². The third-order valence-electron chi connectivity index (χ3n) is 2.89. The molecule has 0 atom stereocenters. The molecule has 1 heterocycles. The molecule has 5 heteroatoms. The van der Waals surface area contributed by atoms with E-state index in [2.05, 4.69) is 15.0 Å². The third-order valence-corrected chi connectivity index (χ3v) is 3.74. The van der Waals surface area contributed by atoms with Crippen molar-refractivity contribution in [1.29, 1.82) is 0 Å². The van der Waals surface area contributed by atoms with Gasteiger partial charge in [0.2, 0.25) is 0 Å². The van der Waals surface area contributed by atoms with Crippen LogP contribution in [0.15, 0.2) is 5.38 Å². The van der Waals surface area contributed by atoms with Gasteiger partial charge in [-0.3, -0.25) is 4.79 Å². The topological polar surface area (TPSA) is 51.2 Å². The van der Waals surface area contributed by atoms with E-state index >= 15 is 0 Å². The lowest BCUT2D eigenvalue weighted by Crippen LogP contribution is -2.03. The maximum atomic E-state index is 11.0. The first kappa shape index (κ1) is 12.4. The summed E-state index contributed by atoms with van der Waals surface area (Å²) in [6.45, 7) is 1.01. The molecule has 0 aromatic carbocycles. The average molecular weight is 254 g/mol. The normalized spacial score (nSPS) is 14.6. The molecule has 0 unspecified atom stereocenters. The van der Waals surface area contributed by atoms with Gasteiger partial charge in [-0.2, -0.15) is 0 Å². The molecule has 94 valence electrons. The first-order valence-corrected chi connectivity index (χ1v) is 6.91. The van der Waals surface area contributed by atoms with Crippen molar-refractivity contribution in [2.45, 2.75) is 32.1 Å². The second-order valence-corrected chi connectivity index (χ2v) is 5.24. The molecule has 1 N–H and O–H groups in total. The number of thiazole rings is 1. The summed E-state index contributed by atoms with van der Waals surface area (Å²) in [6, 6.07) is 0. The first-order chi connectivity index (χ1) is 8.28. The smallest absolute Gasteiger partial charge is 0.305 e. The molecular weight excluding hydrogens is 236 g/mol. The van der Waals surface area contributed by atoms with Crippen molar-refractivity contribution >= 4 is 22.4 Å². The average Bonchev–Trinajstić information content (AvgIpc) is 3.05. The number of aromatic nitrogens is 1. The van der Waals surface area contributed by atoms with Gasteiger partial charge < -0.3 is 10.1 Å². The van der Waals surface area contributed by atoms with Gasteiger partial charge >= 0.3 is 5.97 Å². The Kier molecular flexibility index (Phi) is 4.36. The molecule has 1 aliphatic rings. The van der Waals surface area contributed by atoms with Gasteiger partial charge in [-0.25, -0.2) is 4.98 Å². The van der Waals surface area contributed by atoms with Crippen LogP contribution in [0.25, 0.3) is 0 Å². The van der Waals surface area contributed by atoms with Crippen LogP contribution in [0.2, 0.25) is 0 Å². The van der Waals surface area contributed by atoms with E-state index in [1.54, 1.807) is 11.3 Å². The summed E-state index contributed by atoms with van der Waals surface area (Å²) in [6.07, 6.45) is 5.10. The molecule has 0 bridgehead atoms. The van der Waals surface area contributed by atoms with Crippen LogP contribution in [0, 0.1) is 5.92 Å². The molecule has 0 saturated heterocycles. The van der Waals surface area contributed by atoms with Gasteiger partial charge in [0.05, 0.1) is 19.2 Å². The lowest BCUT2D eigenvalue weighted by molar-refractivity contribution is -0.140. The summed E-state index contributed by atoms with van der Waals surface area (Å²) in [5.74, 6) is 0.766. The van der Waals surface area contributed by atoms with E-state index in [-0.39, 0.29) is 5.97 Å². The molecule has 0 spiro atoms. The van der Waals surface area contributed by atoms with E-state index in [1.807, 2.05) is 5.38 Å². The van der Waals surface area contributed by atoms with E-state index < -0.39 is 0 Å². The molecule has 1 aromatic heterocycles. The summed E-state index contributed by atoms with van der Waals surface area (Å²) in [5, 5.41) is 6.30. The maximum absolute atomic E-state index is 11.0. The number of aryl methyl sites for hydroxylation is 1. The minimum Gasteiger partial charge on any atom is -0.469 e. The summed E-state index contributed by atoms with van der Waals surface area (Å²) < 4.78 is 4.60. The molecule has 0 aliphatic heterocycles. The number of carbonyl (C=O) groups excluding carboxylic acids is 1. The van der Waals surface area contributed by atoms with Crippen molar-refractivity contribution < 1.29 is 9.53 Å². The number of esters is 1. The molecule has 1 aromatic rings. The fourth-order valence-corrected chi connectivity index (χ4v) is 2.40. The summed E-state index contributed by atoms with van der Waals surface area (Å²) in [7, 11) is 1.41. The van der Waals surface area contributed by atoms with Crippen molar-refractivity contribution in [2.24, 2.45) is 5.92 Å². The van der Waals surface area contributed by atoms with Crippen molar-refractivity contribution in [3.05, 3.63) is 11.1 Å². The van der Waals surface area contributed by atoms with Crippen molar-refractivity contribution in [3.8, 4) is 0 Å². The van der Waals surface area contributed by atoms with Gasteiger partial charge in [-0.1, -0.05) is 12.8 Å². The van der Waals surface area contributed by atoms with Gasteiger partial charge in [0.25, 0.3) is 0 Å². The number of rotatable bonds is 7. The Morgan fingerprint density at radius 1 is 1.65 bits per heavy atom. The Morgan fingerprint density at radius 3 is 3.18 bits per heavy atom. The molecule has 2 rings (SSSR count). The fraction of sp³-hybridized carbons (Fsp3) is 0.667. The zero-order chi connectivity index (χ0) is 12.1. The summed E-state index contributed by atoms with van der Waals surface area (Å²) in [5.41, 5.74) is 0.967. The molecular formula is C12H18N2O2S. The highest BCUT2D eigenvalue weighted by atomic mass is 32.1. The van der Waals surface area contributed by atoms with Gasteiger partial charge in [-0.15, -0.1) is 11.3 Å².